The second-order valence-electron chi connectivity index (χ2n) is 7.48. The molecule has 0 aromatic heterocycles. The fourth-order valence-corrected chi connectivity index (χ4v) is 4.20. The van der Waals surface area contributed by atoms with Gasteiger partial charge in [-0.05, 0) is 67.3 Å². The number of hydrogen-bond donors (Lipinski definition) is 2. The first kappa shape index (κ1) is 23.5. The normalized spacial score (nSPS) is 12.2. The molecule has 3 aromatic carbocycles. The quantitative estimate of drug-likeness (QED) is 0.480. The molecular formula is C25H28N2O4S. The summed E-state index contributed by atoms with van der Waals surface area (Å²) in [6, 6.07) is 23.3. The van der Waals surface area contributed by atoms with Crippen LogP contribution in [0.1, 0.15) is 24.5 Å². The second kappa shape index (κ2) is 10.9. The Bertz CT molecular complexity index is 1130. The Kier molecular flexibility index (Phi) is 8.03. The van der Waals surface area contributed by atoms with Crippen LogP contribution in [0.5, 0.6) is 5.75 Å². The smallest absolute Gasteiger partial charge is 0.265 e. The average molecular weight is 453 g/mol. The van der Waals surface area contributed by atoms with Crippen LogP contribution in [0.3, 0.4) is 0 Å². The summed E-state index contributed by atoms with van der Waals surface area (Å²) in [6.07, 6.45) is 0.449. The summed E-state index contributed by atoms with van der Waals surface area (Å²) in [5.74, 6) is 0.348. The lowest BCUT2D eigenvalue weighted by molar-refractivity contribution is -0.122. The Labute approximate surface area is 189 Å². The molecule has 0 saturated heterocycles. The Morgan fingerprint density at radius 2 is 1.69 bits per heavy atom. The summed E-state index contributed by atoms with van der Waals surface area (Å²) in [5.41, 5.74) is 2.61. The molecule has 7 heteroatoms. The molecule has 6 nitrogen and oxygen atoms in total. The molecule has 168 valence electrons. The third-order valence-corrected chi connectivity index (χ3v) is 6.39. The monoisotopic (exact) mass is 452 g/mol. The van der Waals surface area contributed by atoms with E-state index in [4.69, 9.17) is 4.74 Å². The molecule has 0 aliphatic rings. The fraction of sp³-hybridized carbons (Fsp3) is 0.240. The third kappa shape index (κ3) is 6.67. The highest BCUT2D eigenvalue weighted by atomic mass is 32.2. The number of amides is 1. The number of ether oxygens (including phenoxy) is 1. The van der Waals surface area contributed by atoms with Gasteiger partial charge in [-0.2, -0.15) is 0 Å². The predicted molar refractivity (Wildman–Crippen MR) is 126 cm³/mol. The van der Waals surface area contributed by atoms with Crippen LogP contribution in [-0.4, -0.2) is 27.0 Å². The Hall–Kier alpha value is -3.16. The van der Waals surface area contributed by atoms with Crippen LogP contribution in [0.25, 0.3) is 0 Å². The van der Waals surface area contributed by atoms with Gasteiger partial charge < -0.3 is 10.1 Å². The van der Waals surface area contributed by atoms with Crippen molar-refractivity contribution in [3.05, 3.63) is 90.0 Å². The molecule has 1 amide bonds. The summed E-state index contributed by atoms with van der Waals surface area (Å²) >= 11 is 0. The number of anilines is 1. The van der Waals surface area contributed by atoms with E-state index in [-0.39, 0.29) is 10.8 Å². The molecule has 1 atom stereocenters. The van der Waals surface area contributed by atoms with E-state index < -0.39 is 16.1 Å². The van der Waals surface area contributed by atoms with Crippen molar-refractivity contribution in [2.45, 2.75) is 37.7 Å². The van der Waals surface area contributed by atoms with Crippen molar-refractivity contribution in [3.63, 3.8) is 0 Å². The maximum atomic E-state index is 12.6. The minimum atomic E-state index is -3.63. The highest BCUT2D eigenvalue weighted by Gasteiger charge is 2.19. The molecule has 2 N–H and O–H groups in total. The number of nitrogens with one attached hydrogen (secondary N) is 2. The molecule has 32 heavy (non-hydrogen) atoms. The van der Waals surface area contributed by atoms with Crippen LogP contribution in [0.15, 0.2) is 83.8 Å². The van der Waals surface area contributed by atoms with Crippen molar-refractivity contribution in [1.82, 2.24) is 4.72 Å². The SMILES string of the molecule is CCC(Oc1cccc(C)c1)C(=O)Nc1ccc(S(=O)(=O)NCCc2ccccc2)cc1. The van der Waals surface area contributed by atoms with Gasteiger partial charge in [-0.1, -0.05) is 49.4 Å². The van der Waals surface area contributed by atoms with Crippen molar-refractivity contribution >= 4 is 21.6 Å². The summed E-state index contributed by atoms with van der Waals surface area (Å²) in [7, 11) is -3.63. The number of rotatable bonds is 10. The van der Waals surface area contributed by atoms with Gasteiger partial charge in [-0.25, -0.2) is 13.1 Å². The topological polar surface area (TPSA) is 84.5 Å². The highest BCUT2D eigenvalue weighted by Crippen LogP contribution is 2.18. The predicted octanol–water partition coefficient (Wildman–Crippen LogP) is 4.31. The van der Waals surface area contributed by atoms with Gasteiger partial charge in [0.25, 0.3) is 5.91 Å². The average Bonchev–Trinajstić information content (AvgIpc) is 2.78. The number of sulfonamides is 1. The summed E-state index contributed by atoms with van der Waals surface area (Å²) in [6.45, 7) is 4.14. The molecule has 0 radical (unpaired) electrons. The van der Waals surface area contributed by atoms with Crippen LogP contribution in [-0.2, 0) is 21.2 Å². The Morgan fingerprint density at radius 1 is 0.969 bits per heavy atom. The van der Waals surface area contributed by atoms with E-state index in [0.29, 0.717) is 30.8 Å². The van der Waals surface area contributed by atoms with Gasteiger partial charge in [0.1, 0.15) is 5.75 Å². The fourth-order valence-electron chi connectivity index (χ4n) is 3.17. The van der Waals surface area contributed by atoms with Crippen molar-refractivity contribution in [2.24, 2.45) is 0 Å². The molecule has 3 rings (SSSR count). The first-order valence-corrected chi connectivity index (χ1v) is 12.0. The zero-order valence-corrected chi connectivity index (χ0v) is 19.1. The first-order chi connectivity index (χ1) is 15.4. The van der Waals surface area contributed by atoms with Gasteiger partial charge in [-0.15, -0.1) is 0 Å². The minimum Gasteiger partial charge on any atom is -0.481 e. The lowest BCUT2D eigenvalue weighted by atomic mass is 10.2. The van der Waals surface area contributed by atoms with Crippen molar-refractivity contribution in [1.29, 1.82) is 0 Å². The van der Waals surface area contributed by atoms with E-state index in [1.54, 1.807) is 12.1 Å². The zero-order valence-electron chi connectivity index (χ0n) is 18.2. The van der Waals surface area contributed by atoms with Gasteiger partial charge >= 0.3 is 0 Å². The number of benzene rings is 3. The van der Waals surface area contributed by atoms with Gasteiger partial charge in [0.2, 0.25) is 10.0 Å². The lowest BCUT2D eigenvalue weighted by Crippen LogP contribution is -2.32. The van der Waals surface area contributed by atoms with Crippen LogP contribution in [0, 0.1) is 6.92 Å². The van der Waals surface area contributed by atoms with E-state index in [1.807, 2.05) is 68.4 Å². The Balaban J connectivity index is 1.57. The van der Waals surface area contributed by atoms with Gasteiger partial charge in [0.15, 0.2) is 6.10 Å². The largest absolute Gasteiger partial charge is 0.481 e. The number of carbonyl (C=O) groups is 1. The standard InChI is InChI=1S/C25H28N2O4S/c1-3-24(31-22-11-7-8-19(2)18-22)25(28)27-21-12-14-23(15-13-21)32(29,30)26-17-16-20-9-5-4-6-10-20/h4-15,18,24,26H,3,16-17H2,1-2H3,(H,27,28). The molecule has 0 aliphatic carbocycles. The van der Waals surface area contributed by atoms with Gasteiger partial charge in [-0.3, -0.25) is 4.79 Å². The third-order valence-electron chi connectivity index (χ3n) is 4.91. The van der Waals surface area contributed by atoms with Crippen molar-refractivity contribution in [3.8, 4) is 5.75 Å². The van der Waals surface area contributed by atoms with E-state index in [2.05, 4.69) is 10.0 Å². The van der Waals surface area contributed by atoms with Crippen LogP contribution in [0.4, 0.5) is 5.69 Å². The van der Waals surface area contributed by atoms with Crippen LogP contribution in [0.2, 0.25) is 0 Å². The number of aryl methyl sites for hydroxylation is 1. The summed E-state index contributed by atoms with van der Waals surface area (Å²) in [5, 5.41) is 2.79. The number of carbonyl (C=O) groups excluding carboxylic acids is 1. The maximum Gasteiger partial charge on any atom is 0.265 e. The molecular weight excluding hydrogens is 424 g/mol. The number of hydrogen-bond acceptors (Lipinski definition) is 4. The maximum absolute atomic E-state index is 12.6. The molecule has 0 bridgehead atoms. The van der Waals surface area contributed by atoms with Crippen LogP contribution < -0.4 is 14.8 Å². The van der Waals surface area contributed by atoms with E-state index in [0.717, 1.165) is 11.1 Å². The molecule has 3 aromatic rings. The van der Waals surface area contributed by atoms with Crippen LogP contribution >= 0.6 is 0 Å². The molecule has 0 spiro atoms. The lowest BCUT2D eigenvalue weighted by Gasteiger charge is -2.17. The molecule has 0 saturated carbocycles. The molecule has 0 fully saturated rings. The zero-order chi connectivity index (χ0) is 23.0. The van der Waals surface area contributed by atoms with E-state index in [1.165, 1.54) is 12.1 Å². The highest BCUT2D eigenvalue weighted by molar-refractivity contribution is 7.89. The van der Waals surface area contributed by atoms with Gasteiger partial charge in [0.05, 0.1) is 4.90 Å². The summed E-state index contributed by atoms with van der Waals surface area (Å²) in [4.78, 5) is 12.8. The second-order valence-corrected chi connectivity index (χ2v) is 9.25. The van der Waals surface area contributed by atoms with Crippen molar-refractivity contribution in [2.75, 3.05) is 11.9 Å². The first-order valence-electron chi connectivity index (χ1n) is 10.6. The summed E-state index contributed by atoms with van der Waals surface area (Å²) < 4.78 is 33.5. The van der Waals surface area contributed by atoms with E-state index in [9.17, 15) is 13.2 Å². The van der Waals surface area contributed by atoms with Gasteiger partial charge in [0, 0.05) is 12.2 Å². The molecule has 0 heterocycles. The molecule has 1 unspecified atom stereocenters. The van der Waals surface area contributed by atoms with Crippen molar-refractivity contribution < 1.29 is 17.9 Å². The minimum absolute atomic E-state index is 0.145. The Morgan fingerprint density at radius 3 is 2.34 bits per heavy atom. The van der Waals surface area contributed by atoms with E-state index >= 15 is 0 Å². The molecule has 0 aliphatic heterocycles.